The van der Waals surface area contributed by atoms with Crippen molar-refractivity contribution in [3.8, 4) is 0 Å². The fourth-order valence-corrected chi connectivity index (χ4v) is 2.34. The number of ether oxygens (including phenoxy) is 2. The van der Waals surface area contributed by atoms with Gasteiger partial charge >= 0.3 is 0 Å². The molecule has 2 N–H and O–H groups in total. The summed E-state index contributed by atoms with van der Waals surface area (Å²) >= 11 is 1.71. The lowest BCUT2D eigenvalue weighted by atomic mass is 10.2. The molecule has 5 heteroatoms. The normalized spacial score (nSPS) is 12.8. The van der Waals surface area contributed by atoms with Crippen molar-refractivity contribution in [3.63, 3.8) is 0 Å². The predicted molar refractivity (Wildman–Crippen MR) is 74.1 cm³/mol. The Morgan fingerprint density at radius 2 is 2.11 bits per heavy atom. The second kappa shape index (κ2) is 9.47. The summed E-state index contributed by atoms with van der Waals surface area (Å²) in [5, 5.41) is 17.2. The number of aliphatic hydroxyl groups is 1. The van der Waals surface area contributed by atoms with Gasteiger partial charge in [-0.05, 0) is 35.7 Å². The molecule has 0 aliphatic heterocycles. The molecule has 0 aliphatic rings. The number of thiophene rings is 1. The fraction of sp³-hybridized carbons (Fsp3) is 0.692. The molecular weight excluding hydrogens is 250 g/mol. The quantitative estimate of drug-likeness (QED) is 0.635. The first-order valence-electron chi connectivity index (χ1n) is 6.30. The summed E-state index contributed by atoms with van der Waals surface area (Å²) in [6.07, 6.45) is -0.467. The standard InChI is InChI=1S/C13H23NO3S/c1-3-16-4-5-17-8-13(15)7-14-6-12-10-18-9-11(12)2/h9-10,13-15H,3-8H2,1-2H3. The van der Waals surface area contributed by atoms with E-state index in [1.165, 1.54) is 11.1 Å². The number of rotatable bonds is 10. The summed E-state index contributed by atoms with van der Waals surface area (Å²) in [4.78, 5) is 0. The molecule has 0 fully saturated rings. The summed E-state index contributed by atoms with van der Waals surface area (Å²) in [5.74, 6) is 0. The topological polar surface area (TPSA) is 50.7 Å². The highest BCUT2D eigenvalue weighted by Crippen LogP contribution is 2.12. The molecule has 0 saturated heterocycles. The summed E-state index contributed by atoms with van der Waals surface area (Å²) in [7, 11) is 0. The molecule has 0 saturated carbocycles. The largest absolute Gasteiger partial charge is 0.389 e. The zero-order valence-electron chi connectivity index (χ0n) is 11.1. The highest BCUT2D eigenvalue weighted by atomic mass is 32.1. The fourth-order valence-electron chi connectivity index (χ4n) is 1.48. The van der Waals surface area contributed by atoms with Gasteiger partial charge in [-0.1, -0.05) is 0 Å². The lowest BCUT2D eigenvalue weighted by molar-refractivity contribution is 0.00642. The van der Waals surface area contributed by atoms with Crippen LogP contribution in [0.3, 0.4) is 0 Å². The molecule has 18 heavy (non-hydrogen) atoms. The van der Waals surface area contributed by atoms with Gasteiger partial charge in [-0.3, -0.25) is 0 Å². The zero-order chi connectivity index (χ0) is 13.2. The van der Waals surface area contributed by atoms with Gasteiger partial charge in [-0.25, -0.2) is 0 Å². The molecule has 1 unspecified atom stereocenters. The third-order valence-electron chi connectivity index (χ3n) is 2.54. The van der Waals surface area contributed by atoms with Crippen LogP contribution in [0.2, 0.25) is 0 Å². The monoisotopic (exact) mass is 273 g/mol. The lowest BCUT2D eigenvalue weighted by Crippen LogP contribution is -2.30. The van der Waals surface area contributed by atoms with Gasteiger partial charge in [-0.15, -0.1) is 0 Å². The van der Waals surface area contributed by atoms with Crippen molar-refractivity contribution in [2.24, 2.45) is 0 Å². The summed E-state index contributed by atoms with van der Waals surface area (Å²) in [6.45, 7) is 7.57. The van der Waals surface area contributed by atoms with Crippen LogP contribution in [0.1, 0.15) is 18.1 Å². The minimum Gasteiger partial charge on any atom is -0.389 e. The van der Waals surface area contributed by atoms with Crippen molar-refractivity contribution in [2.45, 2.75) is 26.5 Å². The van der Waals surface area contributed by atoms with Crippen LogP contribution in [-0.4, -0.2) is 44.2 Å². The molecule has 0 radical (unpaired) electrons. The summed E-state index contributed by atoms with van der Waals surface area (Å²) in [6, 6.07) is 0. The van der Waals surface area contributed by atoms with Gasteiger partial charge in [0.05, 0.1) is 25.9 Å². The van der Waals surface area contributed by atoms with Gasteiger partial charge in [0, 0.05) is 19.7 Å². The SMILES string of the molecule is CCOCCOCC(O)CNCc1cscc1C. The number of hydrogen-bond acceptors (Lipinski definition) is 5. The molecule has 1 aromatic heterocycles. The van der Waals surface area contributed by atoms with Gasteiger partial charge in [-0.2, -0.15) is 11.3 Å². The van der Waals surface area contributed by atoms with E-state index in [9.17, 15) is 5.11 Å². The highest BCUT2D eigenvalue weighted by molar-refractivity contribution is 7.08. The average Bonchev–Trinajstić information content (AvgIpc) is 2.75. The predicted octanol–water partition coefficient (Wildman–Crippen LogP) is 1.56. The molecule has 1 heterocycles. The Kier molecular flexibility index (Phi) is 8.20. The third-order valence-corrected chi connectivity index (χ3v) is 3.45. The summed E-state index contributed by atoms with van der Waals surface area (Å²) < 4.78 is 10.4. The second-order valence-electron chi connectivity index (χ2n) is 4.14. The van der Waals surface area contributed by atoms with E-state index in [2.05, 4.69) is 23.0 Å². The Balaban J connectivity index is 2.00. The Morgan fingerprint density at radius 1 is 1.33 bits per heavy atom. The zero-order valence-corrected chi connectivity index (χ0v) is 12.0. The Labute approximate surface area is 113 Å². The Morgan fingerprint density at radius 3 is 2.78 bits per heavy atom. The Bertz CT molecular complexity index is 317. The van der Waals surface area contributed by atoms with Crippen LogP contribution in [0.15, 0.2) is 10.8 Å². The van der Waals surface area contributed by atoms with Crippen LogP contribution in [0, 0.1) is 6.92 Å². The molecule has 0 aromatic carbocycles. The first kappa shape index (κ1) is 15.6. The van der Waals surface area contributed by atoms with Crippen LogP contribution in [0.4, 0.5) is 0 Å². The van der Waals surface area contributed by atoms with E-state index < -0.39 is 6.10 Å². The van der Waals surface area contributed by atoms with Crippen molar-refractivity contribution in [1.29, 1.82) is 0 Å². The van der Waals surface area contributed by atoms with Crippen molar-refractivity contribution < 1.29 is 14.6 Å². The van der Waals surface area contributed by atoms with E-state index in [4.69, 9.17) is 9.47 Å². The van der Waals surface area contributed by atoms with E-state index in [0.717, 1.165) is 6.54 Å². The lowest BCUT2D eigenvalue weighted by Gasteiger charge is -2.12. The van der Waals surface area contributed by atoms with Crippen LogP contribution in [-0.2, 0) is 16.0 Å². The van der Waals surface area contributed by atoms with Crippen LogP contribution in [0.25, 0.3) is 0 Å². The number of nitrogens with one attached hydrogen (secondary N) is 1. The van der Waals surface area contributed by atoms with Crippen molar-refractivity contribution in [2.75, 3.05) is 33.0 Å². The first-order valence-corrected chi connectivity index (χ1v) is 7.24. The molecule has 4 nitrogen and oxygen atoms in total. The minimum atomic E-state index is -0.467. The number of hydrogen-bond donors (Lipinski definition) is 2. The molecule has 1 rings (SSSR count). The minimum absolute atomic E-state index is 0.350. The molecule has 0 bridgehead atoms. The highest BCUT2D eigenvalue weighted by Gasteiger charge is 2.04. The van der Waals surface area contributed by atoms with Crippen LogP contribution < -0.4 is 5.32 Å². The van der Waals surface area contributed by atoms with Crippen molar-refractivity contribution in [3.05, 3.63) is 21.9 Å². The number of aryl methyl sites for hydroxylation is 1. The van der Waals surface area contributed by atoms with Gasteiger partial charge in [0.15, 0.2) is 0 Å². The molecule has 104 valence electrons. The average molecular weight is 273 g/mol. The van der Waals surface area contributed by atoms with Gasteiger partial charge < -0.3 is 19.9 Å². The van der Waals surface area contributed by atoms with Gasteiger partial charge in [0.2, 0.25) is 0 Å². The molecular formula is C13H23NO3S. The van der Waals surface area contributed by atoms with Gasteiger partial charge in [0.25, 0.3) is 0 Å². The Hall–Kier alpha value is -0.460. The van der Waals surface area contributed by atoms with E-state index in [0.29, 0.717) is 33.0 Å². The maximum absolute atomic E-state index is 9.68. The molecule has 0 amide bonds. The van der Waals surface area contributed by atoms with E-state index >= 15 is 0 Å². The van der Waals surface area contributed by atoms with E-state index in [1.54, 1.807) is 11.3 Å². The van der Waals surface area contributed by atoms with Crippen LogP contribution >= 0.6 is 11.3 Å². The van der Waals surface area contributed by atoms with Crippen molar-refractivity contribution >= 4 is 11.3 Å². The van der Waals surface area contributed by atoms with E-state index in [1.807, 2.05) is 6.92 Å². The van der Waals surface area contributed by atoms with Gasteiger partial charge in [0.1, 0.15) is 0 Å². The smallest absolute Gasteiger partial charge is 0.0897 e. The molecule has 1 atom stereocenters. The maximum Gasteiger partial charge on any atom is 0.0897 e. The first-order chi connectivity index (χ1) is 8.74. The van der Waals surface area contributed by atoms with Crippen LogP contribution in [0.5, 0.6) is 0 Å². The molecule has 0 aliphatic carbocycles. The third kappa shape index (κ3) is 6.47. The molecule has 1 aromatic rings. The van der Waals surface area contributed by atoms with E-state index in [-0.39, 0.29) is 0 Å². The van der Waals surface area contributed by atoms with Crippen molar-refractivity contribution in [1.82, 2.24) is 5.32 Å². The molecule has 0 spiro atoms. The second-order valence-corrected chi connectivity index (χ2v) is 4.88. The number of aliphatic hydroxyl groups excluding tert-OH is 1. The maximum atomic E-state index is 9.68. The summed E-state index contributed by atoms with van der Waals surface area (Å²) in [5.41, 5.74) is 2.60.